The summed E-state index contributed by atoms with van der Waals surface area (Å²) in [4.78, 5) is 23.0. The maximum Gasteiger partial charge on any atom is 0.266 e. The first kappa shape index (κ1) is 21.0. The summed E-state index contributed by atoms with van der Waals surface area (Å²) in [6.07, 6.45) is 1.39. The van der Waals surface area contributed by atoms with E-state index < -0.39 is 18.5 Å². The summed E-state index contributed by atoms with van der Waals surface area (Å²) in [5.74, 6) is -1.53. The average Bonchev–Trinajstić information content (AvgIpc) is 2.66. The fourth-order valence-electron chi connectivity index (χ4n) is 2.24. The van der Waals surface area contributed by atoms with Gasteiger partial charge in [-0.05, 0) is 58.8 Å². The first-order valence-corrected chi connectivity index (χ1v) is 8.83. The van der Waals surface area contributed by atoms with Gasteiger partial charge < -0.3 is 24.7 Å². The van der Waals surface area contributed by atoms with Crippen LogP contribution in [0, 0.1) is 18.3 Å². The normalized spacial score (nSPS) is 10.7. The zero-order valence-electron chi connectivity index (χ0n) is 15.1. The minimum Gasteiger partial charge on any atom is -0.546 e. The molecular formula is C20H16BrN2O5-. The Bertz CT molecular complexity index is 962. The highest BCUT2D eigenvalue weighted by atomic mass is 79.9. The molecule has 1 amide bonds. The van der Waals surface area contributed by atoms with E-state index in [2.05, 4.69) is 21.2 Å². The molecule has 0 aromatic heterocycles. The van der Waals surface area contributed by atoms with Crippen molar-refractivity contribution in [2.45, 2.75) is 6.92 Å². The van der Waals surface area contributed by atoms with Crippen LogP contribution in [-0.4, -0.2) is 25.6 Å². The molecule has 144 valence electrons. The zero-order chi connectivity index (χ0) is 20.7. The molecule has 7 nitrogen and oxygen atoms in total. The molecule has 1 N–H and O–H groups in total. The summed E-state index contributed by atoms with van der Waals surface area (Å²) in [5, 5.41) is 22.6. The molecule has 0 aliphatic carbocycles. The van der Waals surface area contributed by atoms with Crippen LogP contribution in [0.1, 0.15) is 11.1 Å². The largest absolute Gasteiger partial charge is 0.546 e. The number of ether oxygens (including phenoxy) is 2. The van der Waals surface area contributed by atoms with Crippen LogP contribution in [0.4, 0.5) is 5.69 Å². The quantitative estimate of drug-likeness (QED) is 0.519. The number of hydrogen-bond acceptors (Lipinski definition) is 6. The van der Waals surface area contributed by atoms with Crippen molar-refractivity contribution in [1.29, 1.82) is 5.26 Å². The van der Waals surface area contributed by atoms with Gasteiger partial charge in [-0.25, -0.2) is 0 Å². The van der Waals surface area contributed by atoms with Crippen molar-refractivity contribution >= 4 is 39.6 Å². The van der Waals surface area contributed by atoms with Crippen molar-refractivity contribution in [3.8, 4) is 17.6 Å². The van der Waals surface area contributed by atoms with Crippen LogP contribution in [0.3, 0.4) is 0 Å². The van der Waals surface area contributed by atoms with Crippen LogP contribution in [0.25, 0.3) is 6.08 Å². The topological polar surface area (TPSA) is 111 Å². The molecule has 0 unspecified atom stereocenters. The number of anilines is 1. The van der Waals surface area contributed by atoms with Crippen molar-refractivity contribution < 1.29 is 24.2 Å². The van der Waals surface area contributed by atoms with Gasteiger partial charge in [-0.2, -0.15) is 5.26 Å². The Balaban J connectivity index is 2.28. The first-order valence-electron chi connectivity index (χ1n) is 8.04. The van der Waals surface area contributed by atoms with Crippen LogP contribution in [0.2, 0.25) is 0 Å². The van der Waals surface area contributed by atoms with Gasteiger partial charge in [0.25, 0.3) is 5.91 Å². The number of carbonyl (C=O) groups is 2. The average molecular weight is 444 g/mol. The van der Waals surface area contributed by atoms with Gasteiger partial charge in [-0.1, -0.05) is 17.7 Å². The molecule has 0 heterocycles. The second-order valence-corrected chi connectivity index (χ2v) is 6.54. The number of carboxylic acid groups (broad SMARTS) is 1. The smallest absolute Gasteiger partial charge is 0.266 e. The van der Waals surface area contributed by atoms with Gasteiger partial charge in [0.15, 0.2) is 11.5 Å². The number of benzene rings is 2. The molecule has 0 saturated heterocycles. The molecule has 0 fully saturated rings. The molecule has 0 saturated carbocycles. The number of carbonyl (C=O) groups excluding carboxylic acids is 2. The van der Waals surface area contributed by atoms with E-state index in [0.717, 1.165) is 5.56 Å². The van der Waals surface area contributed by atoms with Gasteiger partial charge in [0, 0.05) is 5.69 Å². The highest BCUT2D eigenvalue weighted by Crippen LogP contribution is 2.37. The number of hydrogen-bond donors (Lipinski definition) is 1. The summed E-state index contributed by atoms with van der Waals surface area (Å²) >= 11 is 3.27. The third-order valence-electron chi connectivity index (χ3n) is 3.57. The van der Waals surface area contributed by atoms with Crippen LogP contribution in [-0.2, 0) is 9.59 Å². The van der Waals surface area contributed by atoms with E-state index in [1.807, 2.05) is 25.1 Å². The number of carboxylic acids is 1. The molecule has 0 bridgehead atoms. The lowest BCUT2D eigenvalue weighted by molar-refractivity contribution is -0.307. The van der Waals surface area contributed by atoms with Gasteiger partial charge in [0.2, 0.25) is 0 Å². The SMILES string of the molecule is COc1cc(/C=C(\C#N)C(=O)Nc2ccc(C)cc2)cc(Br)c1OCC(=O)[O-]. The van der Waals surface area contributed by atoms with E-state index in [0.29, 0.717) is 15.7 Å². The number of halogens is 1. The van der Waals surface area contributed by atoms with Crippen LogP contribution >= 0.6 is 15.9 Å². The number of nitriles is 1. The van der Waals surface area contributed by atoms with Crippen molar-refractivity contribution in [2.24, 2.45) is 0 Å². The molecule has 28 heavy (non-hydrogen) atoms. The summed E-state index contributed by atoms with van der Waals surface area (Å²) in [5.41, 5.74) is 1.99. The van der Waals surface area contributed by atoms with Gasteiger partial charge in [-0.15, -0.1) is 0 Å². The Morgan fingerprint density at radius 2 is 1.96 bits per heavy atom. The van der Waals surface area contributed by atoms with Crippen molar-refractivity contribution in [3.63, 3.8) is 0 Å². The molecule has 2 aromatic carbocycles. The number of amides is 1. The lowest BCUT2D eigenvalue weighted by Crippen LogP contribution is -2.29. The molecule has 0 spiro atoms. The minimum absolute atomic E-state index is 0.113. The Morgan fingerprint density at radius 1 is 1.29 bits per heavy atom. The Morgan fingerprint density at radius 3 is 2.54 bits per heavy atom. The molecule has 0 atom stereocenters. The maximum absolute atomic E-state index is 12.4. The van der Waals surface area contributed by atoms with Crippen LogP contribution < -0.4 is 19.9 Å². The third kappa shape index (κ3) is 5.59. The molecule has 0 radical (unpaired) electrons. The fraction of sp³-hybridized carbons (Fsp3) is 0.150. The highest BCUT2D eigenvalue weighted by Gasteiger charge is 2.14. The van der Waals surface area contributed by atoms with Crippen molar-refractivity contribution in [2.75, 3.05) is 19.0 Å². The molecule has 0 aliphatic heterocycles. The molecule has 0 aliphatic rings. The molecular weight excluding hydrogens is 428 g/mol. The van der Waals surface area contributed by atoms with E-state index in [4.69, 9.17) is 9.47 Å². The number of nitrogens with zero attached hydrogens (tertiary/aromatic N) is 1. The van der Waals surface area contributed by atoms with Crippen LogP contribution in [0.5, 0.6) is 11.5 Å². The number of rotatable bonds is 7. The summed E-state index contributed by atoms with van der Waals surface area (Å²) in [7, 11) is 1.39. The summed E-state index contributed by atoms with van der Waals surface area (Å²) < 4.78 is 10.7. The number of methoxy groups -OCH3 is 1. The summed E-state index contributed by atoms with van der Waals surface area (Å²) in [6.45, 7) is 1.28. The van der Waals surface area contributed by atoms with E-state index >= 15 is 0 Å². The highest BCUT2D eigenvalue weighted by molar-refractivity contribution is 9.10. The monoisotopic (exact) mass is 443 g/mol. The number of aryl methyl sites for hydroxylation is 1. The summed E-state index contributed by atoms with van der Waals surface area (Å²) in [6, 6.07) is 12.1. The van der Waals surface area contributed by atoms with Gasteiger partial charge in [-0.3, -0.25) is 4.79 Å². The van der Waals surface area contributed by atoms with Crippen molar-refractivity contribution in [3.05, 3.63) is 57.6 Å². The van der Waals surface area contributed by atoms with Crippen LogP contribution in [0.15, 0.2) is 46.4 Å². The Kier molecular flexibility index (Phi) is 7.18. The van der Waals surface area contributed by atoms with E-state index in [1.54, 1.807) is 18.2 Å². The Hall–Kier alpha value is -3.31. The second-order valence-electron chi connectivity index (χ2n) is 5.68. The van der Waals surface area contributed by atoms with Gasteiger partial charge in [0.1, 0.15) is 18.2 Å². The van der Waals surface area contributed by atoms with Crippen molar-refractivity contribution in [1.82, 2.24) is 0 Å². The van der Waals surface area contributed by atoms with E-state index in [-0.39, 0.29) is 17.1 Å². The van der Waals surface area contributed by atoms with Gasteiger partial charge in [0.05, 0.1) is 17.6 Å². The molecule has 8 heteroatoms. The minimum atomic E-state index is -1.38. The Labute approximate surface area is 170 Å². The predicted octanol–water partition coefficient (Wildman–Crippen LogP) is 2.44. The van der Waals surface area contributed by atoms with E-state index in [1.165, 1.54) is 19.3 Å². The first-order chi connectivity index (χ1) is 13.3. The standard InChI is InChI=1S/C20H17BrN2O5/c1-12-3-5-15(6-4-12)23-20(26)14(10-22)7-13-8-16(21)19(17(9-13)27-2)28-11-18(24)25/h3-9H,11H2,1-2H3,(H,23,26)(H,24,25)/p-1/b14-7+. The predicted molar refractivity (Wildman–Crippen MR) is 105 cm³/mol. The molecule has 2 aromatic rings. The lowest BCUT2D eigenvalue weighted by atomic mass is 10.1. The van der Waals surface area contributed by atoms with E-state index in [9.17, 15) is 20.0 Å². The molecule has 2 rings (SSSR count). The fourth-order valence-corrected chi connectivity index (χ4v) is 2.82. The number of aliphatic carboxylic acids is 1. The third-order valence-corrected chi connectivity index (χ3v) is 4.16. The zero-order valence-corrected chi connectivity index (χ0v) is 16.7. The lowest BCUT2D eigenvalue weighted by Gasteiger charge is -2.14. The maximum atomic E-state index is 12.4. The number of nitrogens with one attached hydrogen (secondary N) is 1. The second kappa shape index (κ2) is 9.58. The van der Waals surface area contributed by atoms with Gasteiger partial charge >= 0.3 is 0 Å².